The van der Waals surface area contributed by atoms with Gasteiger partial charge >= 0.3 is 0 Å². The first-order valence-corrected chi connectivity index (χ1v) is 7.38. The van der Waals surface area contributed by atoms with Crippen molar-refractivity contribution in [3.05, 3.63) is 45.6 Å². The molecular weight excluding hydrogens is 320 g/mol. The summed E-state index contributed by atoms with van der Waals surface area (Å²) in [4.78, 5) is 18.5. The van der Waals surface area contributed by atoms with Crippen LogP contribution in [-0.4, -0.2) is 17.4 Å². The predicted molar refractivity (Wildman–Crippen MR) is 80.1 cm³/mol. The van der Waals surface area contributed by atoms with Crippen LogP contribution in [0, 0.1) is 13.8 Å². The van der Waals surface area contributed by atoms with Crippen LogP contribution < -0.4 is 4.90 Å². The molecule has 3 rings (SSSR count). The molecule has 104 valence electrons. The summed E-state index contributed by atoms with van der Waals surface area (Å²) in [5, 5.41) is 0. The molecule has 1 aromatic carbocycles. The van der Waals surface area contributed by atoms with E-state index in [1.807, 2.05) is 6.07 Å². The molecule has 2 aromatic rings. The van der Waals surface area contributed by atoms with Crippen molar-refractivity contribution >= 4 is 27.5 Å². The Morgan fingerprint density at radius 2 is 2.20 bits per heavy atom. The van der Waals surface area contributed by atoms with E-state index in [-0.39, 0.29) is 5.91 Å². The number of benzene rings is 1. The lowest BCUT2D eigenvalue weighted by atomic mass is 9.99. The highest BCUT2D eigenvalue weighted by molar-refractivity contribution is 9.10. The standard InChI is InChI=1S/C15H15BrN2O2/c1-9-6-11-4-3-5-18(14(11)12(16)7-9)15(19)13-8-20-10(2)17-13/h6-8H,3-5H2,1-2H3. The van der Waals surface area contributed by atoms with Gasteiger partial charge in [0.1, 0.15) is 6.26 Å². The molecule has 0 saturated carbocycles. The number of hydrogen-bond acceptors (Lipinski definition) is 3. The Morgan fingerprint density at radius 1 is 1.40 bits per heavy atom. The highest BCUT2D eigenvalue weighted by atomic mass is 79.9. The monoisotopic (exact) mass is 334 g/mol. The third-order valence-electron chi connectivity index (χ3n) is 3.47. The molecule has 5 heteroatoms. The van der Waals surface area contributed by atoms with Crippen molar-refractivity contribution in [2.24, 2.45) is 0 Å². The van der Waals surface area contributed by atoms with E-state index in [0.717, 1.165) is 23.0 Å². The summed E-state index contributed by atoms with van der Waals surface area (Å²) in [5.41, 5.74) is 3.73. The Bertz CT molecular complexity index is 679. The smallest absolute Gasteiger partial charge is 0.280 e. The fraction of sp³-hybridized carbons (Fsp3) is 0.333. The maximum Gasteiger partial charge on any atom is 0.280 e. The van der Waals surface area contributed by atoms with Crippen molar-refractivity contribution in [3.63, 3.8) is 0 Å². The van der Waals surface area contributed by atoms with Gasteiger partial charge in [0.2, 0.25) is 0 Å². The average molecular weight is 335 g/mol. The number of anilines is 1. The Hall–Kier alpha value is -1.62. The Labute approximate surface area is 125 Å². The second-order valence-electron chi connectivity index (χ2n) is 5.07. The first-order chi connectivity index (χ1) is 9.56. The van der Waals surface area contributed by atoms with Crippen LogP contribution in [-0.2, 0) is 6.42 Å². The van der Waals surface area contributed by atoms with E-state index in [1.165, 1.54) is 17.4 Å². The molecule has 1 amide bonds. The fourth-order valence-corrected chi connectivity index (χ4v) is 3.47. The number of carbonyl (C=O) groups excluding carboxylic acids is 1. The lowest BCUT2D eigenvalue weighted by Crippen LogP contribution is -2.36. The van der Waals surface area contributed by atoms with Gasteiger partial charge < -0.3 is 9.32 Å². The van der Waals surface area contributed by atoms with Crippen LogP contribution in [0.5, 0.6) is 0 Å². The third-order valence-corrected chi connectivity index (χ3v) is 4.07. The molecule has 0 radical (unpaired) electrons. The highest BCUT2D eigenvalue weighted by Crippen LogP contribution is 2.36. The van der Waals surface area contributed by atoms with Crippen molar-refractivity contribution in [2.45, 2.75) is 26.7 Å². The SMILES string of the molecule is Cc1cc(Br)c2c(c1)CCCN2C(=O)c1coc(C)n1. The summed E-state index contributed by atoms with van der Waals surface area (Å²) in [6, 6.07) is 4.19. The molecule has 1 aliphatic heterocycles. The molecule has 0 bridgehead atoms. The van der Waals surface area contributed by atoms with E-state index in [9.17, 15) is 4.79 Å². The summed E-state index contributed by atoms with van der Waals surface area (Å²) >= 11 is 3.58. The molecule has 1 aromatic heterocycles. The van der Waals surface area contributed by atoms with Gasteiger partial charge in [0.05, 0.1) is 5.69 Å². The molecule has 0 N–H and O–H groups in total. The first kappa shape index (κ1) is 13.4. The van der Waals surface area contributed by atoms with Gasteiger partial charge in [0.15, 0.2) is 11.6 Å². The number of aryl methyl sites for hydroxylation is 3. The Morgan fingerprint density at radius 3 is 2.90 bits per heavy atom. The van der Waals surface area contributed by atoms with E-state index in [1.54, 1.807) is 11.8 Å². The molecule has 1 aliphatic rings. The number of aromatic nitrogens is 1. The minimum atomic E-state index is -0.104. The van der Waals surface area contributed by atoms with Gasteiger partial charge in [-0.25, -0.2) is 4.98 Å². The fourth-order valence-electron chi connectivity index (χ4n) is 2.64. The molecule has 0 aliphatic carbocycles. The normalized spacial score (nSPS) is 14.2. The first-order valence-electron chi connectivity index (χ1n) is 6.59. The number of fused-ring (bicyclic) bond motifs is 1. The number of nitrogens with zero attached hydrogens (tertiary/aromatic N) is 2. The van der Waals surface area contributed by atoms with Crippen molar-refractivity contribution in [3.8, 4) is 0 Å². The lowest BCUT2D eigenvalue weighted by molar-refractivity contribution is 0.0980. The van der Waals surface area contributed by atoms with E-state index >= 15 is 0 Å². The van der Waals surface area contributed by atoms with Crippen LogP contribution in [0.15, 0.2) is 27.3 Å². The zero-order valence-corrected chi connectivity index (χ0v) is 13.0. The molecule has 0 spiro atoms. The zero-order chi connectivity index (χ0) is 14.3. The molecule has 0 saturated heterocycles. The van der Waals surface area contributed by atoms with Gasteiger partial charge in [-0.3, -0.25) is 4.79 Å². The molecule has 4 nitrogen and oxygen atoms in total. The largest absolute Gasteiger partial charge is 0.448 e. The Balaban J connectivity index is 2.04. The third kappa shape index (κ3) is 2.26. The average Bonchev–Trinajstić information content (AvgIpc) is 2.83. The summed E-state index contributed by atoms with van der Waals surface area (Å²) in [7, 11) is 0. The van der Waals surface area contributed by atoms with E-state index in [0.29, 0.717) is 18.1 Å². The molecule has 0 unspecified atom stereocenters. The highest BCUT2D eigenvalue weighted by Gasteiger charge is 2.27. The van der Waals surface area contributed by atoms with Crippen molar-refractivity contribution in [1.82, 2.24) is 4.98 Å². The van der Waals surface area contributed by atoms with Crippen LogP contribution in [0.2, 0.25) is 0 Å². The summed E-state index contributed by atoms with van der Waals surface area (Å²) < 4.78 is 6.10. The number of oxazole rings is 1. The lowest BCUT2D eigenvalue weighted by Gasteiger charge is -2.30. The number of hydrogen-bond donors (Lipinski definition) is 0. The van der Waals surface area contributed by atoms with Crippen molar-refractivity contribution < 1.29 is 9.21 Å². The zero-order valence-electron chi connectivity index (χ0n) is 11.4. The molecular formula is C15H15BrN2O2. The quantitative estimate of drug-likeness (QED) is 0.799. The van der Waals surface area contributed by atoms with Gasteiger partial charge in [0.25, 0.3) is 5.91 Å². The van der Waals surface area contributed by atoms with Crippen LogP contribution >= 0.6 is 15.9 Å². The summed E-state index contributed by atoms with van der Waals surface area (Å²) in [6.07, 6.45) is 3.39. The summed E-state index contributed by atoms with van der Waals surface area (Å²) in [5.74, 6) is 0.404. The van der Waals surface area contributed by atoms with Crippen molar-refractivity contribution in [2.75, 3.05) is 11.4 Å². The van der Waals surface area contributed by atoms with Gasteiger partial charge in [-0.2, -0.15) is 0 Å². The van der Waals surface area contributed by atoms with Crippen LogP contribution in [0.4, 0.5) is 5.69 Å². The van der Waals surface area contributed by atoms with Crippen LogP contribution in [0.1, 0.15) is 33.9 Å². The van der Waals surface area contributed by atoms with Crippen LogP contribution in [0.25, 0.3) is 0 Å². The van der Waals surface area contributed by atoms with Gasteiger partial charge in [-0.05, 0) is 52.9 Å². The second-order valence-corrected chi connectivity index (χ2v) is 5.92. The molecule has 2 heterocycles. The number of halogens is 1. The van der Waals surface area contributed by atoms with E-state index in [2.05, 4.69) is 33.9 Å². The topological polar surface area (TPSA) is 46.3 Å². The maximum atomic E-state index is 12.6. The van der Waals surface area contributed by atoms with E-state index in [4.69, 9.17) is 4.42 Å². The molecule has 0 fully saturated rings. The minimum Gasteiger partial charge on any atom is -0.448 e. The minimum absolute atomic E-state index is 0.104. The van der Waals surface area contributed by atoms with Gasteiger partial charge in [0, 0.05) is 17.9 Å². The molecule has 20 heavy (non-hydrogen) atoms. The molecule has 0 atom stereocenters. The van der Waals surface area contributed by atoms with Gasteiger partial charge in [-0.15, -0.1) is 0 Å². The summed E-state index contributed by atoms with van der Waals surface area (Å²) in [6.45, 7) is 4.51. The number of amides is 1. The maximum absolute atomic E-state index is 12.6. The number of rotatable bonds is 1. The Kier molecular flexibility index (Phi) is 3.38. The van der Waals surface area contributed by atoms with E-state index < -0.39 is 0 Å². The number of carbonyl (C=O) groups is 1. The second kappa shape index (κ2) is 5.05. The predicted octanol–water partition coefficient (Wildman–Crippen LogP) is 3.65. The van der Waals surface area contributed by atoms with Crippen LogP contribution in [0.3, 0.4) is 0 Å². The van der Waals surface area contributed by atoms with Crippen molar-refractivity contribution in [1.29, 1.82) is 0 Å². The van der Waals surface area contributed by atoms with Gasteiger partial charge in [-0.1, -0.05) is 6.07 Å².